The molecule has 2 heteroatoms. The average Bonchev–Trinajstić information content (AvgIpc) is 2.12. The highest BCUT2D eigenvalue weighted by molar-refractivity contribution is 4.86. The molecule has 0 aromatic heterocycles. The van der Waals surface area contributed by atoms with Gasteiger partial charge in [-0.05, 0) is 26.4 Å². The Labute approximate surface area is 57.0 Å². The van der Waals surface area contributed by atoms with Crippen molar-refractivity contribution >= 4 is 0 Å². The van der Waals surface area contributed by atoms with E-state index in [4.69, 9.17) is 5.73 Å². The second kappa shape index (κ2) is 2.67. The van der Waals surface area contributed by atoms with Crippen molar-refractivity contribution in [1.29, 1.82) is 0 Å². The Bertz CT molecular complexity index is 82.9. The van der Waals surface area contributed by atoms with Crippen molar-refractivity contribution in [2.45, 2.75) is 31.8 Å². The third-order valence-corrected chi connectivity index (χ3v) is 2.29. The monoisotopic (exact) mass is 128 g/mol. The van der Waals surface area contributed by atoms with Gasteiger partial charge in [0.25, 0.3) is 0 Å². The van der Waals surface area contributed by atoms with E-state index in [0.29, 0.717) is 12.1 Å². The van der Waals surface area contributed by atoms with E-state index in [9.17, 15) is 0 Å². The normalized spacial score (nSPS) is 37.7. The van der Waals surface area contributed by atoms with Crippen LogP contribution >= 0.6 is 0 Å². The summed E-state index contributed by atoms with van der Waals surface area (Å²) in [5.41, 5.74) is 5.84. The van der Waals surface area contributed by atoms with Crippen LogP contribution in [0.15, 0.2) is 0 Å². The van der Waals surface area contributed by atoms with Gasteiger partial charge in [-0.2, -0.15) is 0 Å². The minimum atomic E-state index is 0.431. The molecule has 54 valence electrons. The molecule has 0 saturated carbocycles. The van der Waals surface area contributed by atoms with Gasteiger partial charge in [-0.15, -0.1) is 0 Å². The molecule has 0 amide bonds. The molecule has 1 aliphatic heterocycles. The lowest BCUT2D eigenvalue weighted by Crippen LogP contribution is -2.36. The van der Waals surface area contributed by atoms with Crippen LogP contribution in [0, 0.1) is 0 Å². The minimum absolute atomic E-state index is 0.431. The first-order chi connectivity index (χ1) is 4.25. The summed E-state index contributed by atoms with van der Waals surface area (Å²) in [4.78, 5) is 2.35. The maximum absolute atomic E-state index is 5.84. The Hall–Kier alpha value is -0.0800. The van der Waals surface area contributed by atoms with Crippen molar-refractivity contribution in [3.8, 4) is 0 Å². The van der Waals surface area contributed by atoms with Gasteiger partial charge in [0.15, 0.2) is 0 Å². The molecule has 0 radical (unpaired) electrons. The smallest absolute Gasteiger partial charge is 0.0242 e. The Morgan fingerprint density at radius 2 is 2.33 bits per heavy atom. The molecule has 9 heavy (non-hydrogen) atoms. The van der Waals surface area contributed by atoms with Gasteiger partial charge >= 0.3 is 0 Å². The first kappa shape index (κ1) is 7.03. The van der Waals surface area contributed by atoms with Crippen molar-refractivity contribution in [3.05, 3.63) is 0 Å². The third-order valence-electron chi connectivity index (χ3n) is 2.29. The van der Waals surface area contributed by atoms with Crippen LogP contribution in [0.25, 0.3) is 0 Å². The Balaban J connectivity index is 2.44. The highest BCUT2D eigenvalue weighted by Crippen LogP contribution is 2.15. The maximum Gasteiger partial charge on any atom is 0.0242 e. The van der Waals surface area contributed by atoms with E-state index >= 15 is 0 Å². The zero-order valence-corrected chi connectivity index (χ0v) is 6.30. The summed E-state index contributed by atoms with van der Waals surface area (Å²) in [6.07, 6.45) is 2.37. The van der Waals surface area contributed by atoms with Crippen LogP contribution in [-0.4, -0.2) is 30.6 Å². The van der Waals surface area contributed by atoms with Crippen LogP contribution in [0.1, 0.15) is 19.8 Å². The minimum Gasteiger partial charge on any atom is -0.326 e. The summed E-state index contributed by atoms with van der Waals surface area (Å²) in [6.45, 7) is 3.38. The van der Waals surface area contributed by atoms with Gasteiger partial charge < -0.3 is 10.6 Å². The highest BCUT2D eigenvalue weighted by atomic mass is 15.2. The first-order valence-corrected chi connectivity index (χ1v) is 3.71. The van der Waals surface area contributed by atoms with Crippen LogP contribution in [-0.2, 0) is 0 Å². The number of hydrogen-bond donors (Lipinski definition) is 1. The van der Waals surface area contributed by atoms with E-state index in [1.165, 1.54) is 19.4 Å². The zero-order valence-electron chi connectivity index (χ0n) is 6.30. The van der Waals surface area contributed by atoms with E-state index in [1.54, 1.807) is 0 Å². The molecule has 1 fully saturated rings. The SMILES string of the molecule is CC[C@H]1[C@H](N)CCN1C. The molecule has 0 spiro atoms. The largest absolute Gasteiger partial charge is 0.326 e. The van der Waals surface area contributed by atoms with Crippen molar-refractivity contribution in [2.24, 2.45) is 5.73 Å². The molecule has 2 nitrogen and oxygen atoms in total. The highest BCUT2D eigenvalue weighted by Gasteiger charge is 2.26. The molecular weight excluding hydrogens is 112 g/mol. The number of rotatable bonds is 1. The van der Waals surface area contributed by atoms with Crippen LogP contribution in [0.4, 0.5) is 0 Å². The molecule has 1 saturated heterocycles. The fourth-order valence-corrected chi connectivity index (χ4v) is 1.65. The predicted octanol–water partition coefficient (Wildman–Crippen LogP) is 0.428. The average molecular weight is 128 g/mol. The number of nitrogens with zero attached hydrogens (tertiary/aromatic N) is 1. The van der Waals surface area contributed by atoms with Gasteiger partial charge in [-0.25, -0.2) is 0 Å². The second-order valence-electron chi connectivity index (χ2n) is 2.91. The summed E-state index contributed by atoms with van der Waals surface area (Å²) < 4.78 is 0. The lowest BCUT2D eigenvalue weighted by molar-refractivity contribution is 0.291. The molecule has 0 aliphatic carbocycles. The third kappa shape index (κ3) is 1.25. The molecule has 2 atom stereocenters. The number of nitrogens with two attached hydrogens (primary N) is 1. The van der Waals surface area contributed by atoms with E-state index in [0.717, 1.165) is 0 Å². The summed E-state index contributed by atoms with van der Waals surface area (Å²) in [5, 5.41) is 0. The van der Waals surface area contributed by atoms with Crippen LogP contribution < -0.4 is 5.73 Å². The van der Waals surface area contributed by atoms with Gasteiger partial charge in [0.05, 0.1) is 0 Å². The number of hydrogen-bond acceptors (Lipinski definition) is 2. The molecule has 0 bridgehead atoms. The molecule has 1 heterocycles. The van der Waals surface area contributed by atoms with Crippen LogP contribution in [0.3, 0.4) is 0 Å². The quantitative estimate of drug-likeness (QED) is 0.555. The lowest BCUT2D eigenvalue weighted by Gasteiger charge is -2.20. The van der Waals surface area contributed by atoms with Crippen LogP contribution in [0.2, 0.25) is 0 Å². The summed E-state index contributed by atoms with van der Waals surface area (Å²) >= 11 is 0. The van der Waals surface area contributed by atoms with Gasteiger partial charge in [0, 0.05) is 12.1 Å². The second-order valence-corrected chi connectivity index (χ2v) is 2.91. The van der Waals surface area contributed by atoms with Crippen LogP contribution in [0.5, 0.6) is 0 Å². The van der Waals surface area contributed by atoms with E-state index in [2.05, 4.69) is 18.9 Å². The Morgan fingerprint density at radius 3 is 2.56 bits per heavy atom. The lowest BCUT2D eigenvalue weighted by atomic mass is 10.1. The fraction of sp³-hybridized carbons (Fsp3) is 1.00. The van der Waals surface area contributed by atoms with E-state index < -0.39 is 0 Å². The summed E-state index contributed by atoms with van der Waals surface area (Å²) in [7, 11) is 2.15. The van der Waals surface area contributed by atoms with E-state index in [1.807, 2.05) is 0 Å². The first-order valence-electron chi connectivity index (χ1n) is 3.71. The standard InChI is InChI=1S/C7H16N2/c1-3-7-6(8)4-5-9(7)2/h6-7H,3-5,8H2,1-2H3/t6-,7+/m1/s1. The number of likely N-dealkylation sites (tertiary alicyclic amines) is 1. The molecule has 0 aromatic carbocycles. The van der Waals surface area contributed by atoms with E-state index in [-0.39, 0.29) is 0 Å². The maximum atomic E-state index is 5.84. The summed E-state index contributed by atoms with van der Waals surface area (Å²) in [6, 6.07) is 1.07. The van der Waals surface area contributed by atoms with Gasteiger partial charge in [-0.3, -0.25) is 0 Å². The Kier molecular flexibility index (Phi) is 2.09. The fourth-order valence-electron chi connectivity index (χ4n) is 1.65. The van der Waals surface area contributed by atoms with Gasteiger partial charge in [0.1, 0.15) is 0 Å². The molecule has 1 rings (SSSR count). The molecular formula is C7H16N2. The van der Waals surface area contributed by atoms with Crippen molar-refractivity contribution < 1.29 is 0 Å². The summed E-state index contributed by atoms with van der Waals surface area (Å²) in [5.74, 6) is 0. The zero-order chi connectivity index (χ0) is 6.85. The molecule has 1 aliphatic rings. The Morgan fingerprint density at radius 1 is 1.67 bits per heavy atom. The predicted molar refractivity (Wildman–Crippen MR) is 39.3 cm³/mol. The topological polar surface area (TPSA) is 29.3 Å². The van der Waals surface area contributed by atoms with Crippen molar-refractivity contribution in [3.63, 3.8) is 0 Å². The molecule has 0 aromatic rings. The van der Waals surface area contributed by atoms with Crippen molar-refractivity contribution in [2.75, 3.05) is 13.6 Å². The molecule has 0 unspecified atom stereocenters. The van der Waals surface area contributed by atoms with Crippen molar-refractivity contribution in [1.82, 2.24) is 4.90 Å². The molecule has 2 N–H and O–H groups in total. The van der Waals surface area contributed by atoms with Gasteiger partial charge in [0.2, 0.25) is 0 Å². The number of likely N-dealkylation sites (N-methyl/N-ethyl adjacent to an activating group) is 1. The van der Waals surface area contributed by atoms with Gasteiger partial charge in [-0.1, -0.05) is 6.92 Å².